The van der Waals surface area contributed by atoms with E-state index in [0.717, 1.165) is 22.3 Å². The van der Waals surface area contributed by atoms with Gasteiger partial charge in [0.25, 0.3) is 0 Å². The van der Waals surface area contributed by atoms with Crippen LogP contribution in [0.4, 0.5) is 0 Å². The highest BCUT2D eigenvalue weighted by Gasteiger charge is 2.07. The Morgan fingerprint density at radius 3 is 0.912 bits per heavy atom. The molecule has 0 heterocycles. The van der Waals surface area contributed by atoms with Crippen LogP contribution in [0.5, 0.6) is 0 Å². The summed E-state index contributed by atoms with van der Waals surface area (Å²) in [6.45, 7) is 0. The quantitative estimate of drug-likeness (QED) is 0.250. The van der Waals surface area contributed by atoms with Gasteiger partial charge < -0.3 is 0 Å². The molecule has 0 saturated heterocycles. The highest BCUT2D eigenvalue weighted by molar-refractivity contribution is 5.83. The molecule has 0 heteroatoms. The van der Waals surface area contributed by atoms with E-state index < -0.39 is 0 Å². The van der Waals surface area contributed by atoms with Crippen molar-refractivity contribution in [3.63, 3.8) is 0 Å². The third-order valence-electron chi connectivity index (χ3n) is 5.57. The summed E-state index contributed by atoms with van der Waals surface area (Å²) in [7, 11) is 0. The van der Waals surface area contributed by atoms with Crippen molar-refractivity contribution < 1.29 is 0 Å². The number of rotatable bonds is 2. The average Bonchev–Trinajstić information content (AvgIpc) is 2.92. The van der Waals surface area contributed by atoms with Crippen LogP contribution in [0.15, 0.2) is 133 Å². The summed E-state index contributed by atoms with van der Waals surface area (Å²) in [5.74, 6) is 13.0. The fraction of sp³-hybridized carbons (Fsp3) is 0. The van der Waals surface area contributed by atoms with Gasteiger partial charge in [-0.2, -0.15) is 0 Å². The minimum Gasteiger partial charge on any atom is -0.0622 e. The lowest BCUT2D eigenvalue weighted by molar-refractivity contribution is 1.56. The summed E-state index contributed by atoms with van der Waals surface area (Å²) in [5, 5.41) is 0. The second-order valence-electron chi connectivity index (χ2n) is 7.93. The predicted octanol–water partition coefficient (Wildman–Crippen LogP) is 7.82. The molecule has 0 unspecified atom stereocenters. The van der Waals surface area contributed by atoms with E-state index in [2.05, 4.69) is 96.5 Å². The topological polar surface area (TPSA) is 0 Å². The van der Waals surface area contributed by atoms with E-state index in [4.69, 9.17) is 0 Å². The van der Waals surface area contributed by atoms with E-state index in [1.807, 2.05) is 60.7 Å². The molecule has 0 spiro atoms. The number of hydrogen-bond donors (Lipinski definition) is 0. The predicted molar refractivity (Wildman–Crippen MR) is 142 cm³/mol. The van der Waals surface area contributed by atoms with Crippen molar-refractivity contribution in [2.24, 2.45) is 0 Å². The molecule has 0 nitrogen and oxygen atoms in total. The van der Waals surface area contributed by atoms with Gasteiger partial charge in [0.2, 0.25) is 0 Å². The van der Waals surface area contributed by atoms with Crippen molar-refractivity contribution in [3.8, 4) is 45.9 Å². The molecule has 0 aliphatic heterocycles. The van der Waals surface area contributed by atoms with E-state index in [1.54, 1.807) is 0 Å². The number of hydrogen-bond acceptors (Lipinski definition) is 0. The average molecular weight is 431 g/mol. The standard InChI is InChI=1S/C34H22/c1-3-9-27(10-4-1)15-17-29-19-23-31(24-20-29)33-13-7-8-14-34(33)32-25-21-30(22-26-32)18-16-28-11-5-2-6-12-28/h1-14,19-26H. The van der Waals surface area contributed by atoms with Gasteiger partial charge in [-0.1, -0.05) is 109 Å². The van der Waals surface area contributed by atoms with Crippen LogP contribution in [0.2, 0.25) is 0 Å². The van der Waals surface area contributed by atoms with E-state index in [9.17, 15) is 0 Å². The molecule has 0 aliphatic carbocycles. The van der Waals surface area contributed by atoms with E-state index in [0.29, 0.717) is 0 Å². The summed E-state index contributed by atoms with van der Waals surface area (Å²) >= 11 is 0. The molecule has 0 atom stereocenters. The minimum atomic E-state index is 1.01. The molecular formula is C34H22. The first-order valence-electron chi connectivity index (χ1n) is 11.3. The highest BCUT2D eigenvalue weighted by atomic mass is 14.1. The molecule has 0 saturated carbocycles. The second kappa shape index (κ2) is 10.2. The van der Waals surface area contributed by atoms with Gasteiger partial charge in [-0.25, -0.2) is 0 Å². The zero-order chi connectivity index (χ0) is 23.0. The van der Waals surface area contributed by atoms with Gasteiger partial charge in [0.15, 0.2) is 0 Å². The SMILES string of the molecule is C(#Cc1ccc(-c2ccccc2-c2ccc(C#Cc3ccccc3)cc2)cc1)c1ccccc1. The fourth-order valence-corrected chi connectivity index (χ4v) is 3.78. The van der Waals surface area contributed by atoms with Crippen molar-refractivity contribution in [1.29, 1.82) is 0 Å². The van der Waals surface area contributed by atoms with Gasteiger partial charge >= 0.3 is 0 Å². The van der Waals surface area contributed by atoms with Gasteiger partial charge in [0, 0.05) is 22.3 Å². The fourth-order valence-electron chi connectivity index (χ4n) is 3.78. The lowest BCUT2D eigenvalue weighted by Gasteiger charge is -2.10. The van der Waals surface area contributed by atoms with Gasteiger partial charge in [0.05, 0.1) is 0 Å². The van der Waals surface area contributed by atoms with Gasteiger partial charge in [0.1, 0.15) is 0 Å². The molecule has 0 fully saturated rings. The first-order valence-corrected chi connectivity index (χ1v) is 11.3. The van der Waals surface area contributed by atoms with Crippen molar-refractivity contribution in [2.75, 3.05) is 0 Å². The molecule has 0 aliphatic rings. The monoisotopic (exact) mass is 430 g/mol. The lowest BCUT2D eigenvalue weighted by atomic mass is 9.93. The van der Waals surface area contributed by atoms with E-state index in [-0.39, 0.29) is 0 Å². The van der Waals surface area contributed by atoms with Crippen LogP contribution in [0.3, 0.4) is 0 Å². The smallest absolute Gasteiger partial charge is 0.0249 e. The van der Waals surface area contributed by atoms with Crippen LogP contribution in [0.1, 0.15) is 22.3 Å². The van der Waals surface area contributed by atoms with Crippen LogP contribution in [-0.4, -0.2) is 0 Å². The molecule has 0 amide bonds. The zero-order valence-electron chi connectivity index (χ0n) is 18.7. The number of benzene rings is 5. The highest BCUT2D eigenvalue weighted by Crippen LogP contribution is 2.32. The summed E-state index contributed by atoms with van der Waals surface area (Å²) in [6, 6.07) is 45.6. The Hall–Kier alpha value is -4.78. The zero-order valence-corrected chi connectivity index (χ0v) is 18.7. The minimum absolute atomic E-state index is 1.01. The Morgan fingerprint density at radius 1 is 0.265 bits per heavy atom. The molecule has 0 bridgehead atoms. The van der Waals surface area contributed by atoms with Crippen LogP contribution < -0.4 is 0 Å². The molecule has 0 aromatic heterocycles. The molecule has 0 N–H and O–H groups in total. The molecule has 158 valence electrons. The van der Waals surface area contributed by atoms with E-state index in [1.165, 1.54) is 22.3 Å². The first kappa shape index (κ1) is 21.1. The van der Waals surface area contributed by atoms with Gasteiger partial charge in [-0.15, -0.1) is 0 Å². The van der Waals surface area contributed by atoms with E-state index >= 15 is 0 Å². The molecule has 5 rings (SSSR count). The Bertz CT molecular complexity index is 1380. The molecule has 0 radical (unpaired) electrons. The summed E-state index contributed by atoms with van der Waals surface area (Å²) in [6.07, 6.45) is 0. The molecule has 5 aromatic rings. The summed E-state index contributed by atoms with van der Waals surface area (Å²) < 4.78 is 0. The van der Waals surface area contributed by atoms with Crippen LogP contribution >= 0.6 is 0 Å². The third kappa shape index (κ3) is 5.16. The van der Waals surface area contributed by atoms with Crippen LogP contribution in [0.25, 0.3) is 22.3 Å². The third-order valence-corrected chi connectivity index (χ3v) is 5.57. The lowest BCUT2D eigenvalue weighted by Crippen LogP contribution is -1.86. The van der Waals surface area contributed by atoms with Crippen molar-refractivity contribution >= 4 is 0 Å². The van der Waals surface area contributed by atoms with Crippen molar-refractivity contribution in [1.82, 2.24) is 0 Å². The molecular weight excluding hydrogens is 408 g/mol. The summed E-state index contributed by atoms with van der Waals surface area (Å²) in [4.78, 5) is 0. The maximum atomic E-state index is 3.25. The van der Waals surface area contributed by atoms with Gasteiger partial charge in [-0.3, -0.25) is 0 Å². The first-order chi connectivity index (χ1) is 16.8. The Balaban J connectivity index is 1.39. The molecule has 5 aromatic carbocycles. The maximum absolute atomic E-state index is 3.25. The van der Waals surface area contributed by atoms with Crippen molar-refractivity contribution in [2.45, 2.75) is 0 Å². The maximum Gasteiger partial charge on any atom is 0.0249 e. The second-order valence-corrected chi connectivity index (χ2v) is 7.93. The Morgan fingerprint density at radius 2 is 0.559 bits per heavy atom. The Labute approximate surface area is 201 Å². The molecule has 34 heavy (non-hydrogen) atoms. The van der Waals surface area contributed by atoms with Gasteiger partial charge in [-0.05, 0) is 70.8 Å². The largest absolute Gasteiger partial charge is 0.0622 e. The van der Waals surface area contributed by atoms with Crippen LogP contribution in [-0.2, 0) is 0 Å². The summed E-state index contributed by atoms with van der Waals surface area (Å²) in [5.41, 5.74) is 8.81. The van der Waals surface area contributed by atoms with Crippen LogP contribution in [0, 0.1) is 23.7 Å². The normalized spacial score (nSPS) is 9.88. The Kier molecular flexibility index (Phi) is 6.34. The van der Waals surface area contributed by atoms with Crippen molar-refractivity contribution in [3.05, 3.63) is 156 Å².